The molecule has 0 bridgehead atoms. The van der Waals surface area contributed by atoms with Crippen molar-refractivity contribution in [3.8, 4) is 0 Å². The van der Waals surface area contributed by atoms with Gasteiger partial charge in [-0.3, -0.25) is 4.79 Å². The Kier molecular flexibility index (Phi) is 5.54. The van der Waals surface area contributed by atoms with Crippen molar-refractivity contribution < 1.29 is 19.4 Å². The maximum absolute atomic E-state index is 12.6. The largest absolute Gasteiger partial charge is 0.460 e. The summed E-state index contributed by atoms with van der Waals surface area (Å²) in [6, 6.07) is -0.799. The molecule has 2 saturated heterocycles. The molecule has 2 fully saturated rings. The fourth-order valence-corrected chi connectivity index (χ4v) is 5.73. The number of rotatable bonds is 4. The molecule has 0 saturated carbocycles. The number of ether oxygens (including phenoxy) is 1. The molecular formula is C13H17BrCl3NO4S. The molecule has 2 rings (SSSR count). The highest BCUT2D eigenvalue weighted by Gasteiger charge is 2.72. The van der Waals surface area contributed by atoms with Crippen molar-refractivity contribution in [1.29, 1.82) is 0 Å². The van der Waals surface area contributed by atoms with Gasteiger partial charge in [-0.15, -0.1) is 11.8 Å². The van der Waals surface area contributed by atoms with Gasteiger partial charge in [-0.1, -0.05) is 57.7 Å². The fraction of sp³-hybridized carbons (Fsp3) is 0.846. The molecule has 0 aromatic carbocycles. The Morgan fingerprint density at radius 1 is 1.52 bits per heavy atom. The van der Waals surface area contributed by atoms with Gasteiger partial charge in [-0.25, -0.2) is 4.79 Å². The Labute approximate surface area is 162 Å². The van der Waals surface area contributed by atoms with Gasteiger partial charge < -0.3 is 14.7 Å². The first-order chi connectivity index (χ1) is 10.4. The molecule has 23 heavy (non-hydrogen) atoms. The van der Waals surface area contributed by atoms with Crippen molar-refractivity contribution in [2.45, 2.75) is 57.6 Å². The van der Waals surface area contributed by atoms with E-state index in [2.05, 4.69) is 15.9 Å². The molecule has 0 aromatic heterocycles. The molecular weight excluding hydrogens is 452 g/mol. The van der Waals surface area contributed by atoms with E-state index in [0.717, 1.165) is 0 Å². The Morgan fingerprint density at radius 3 is 2.57 bits per heavy atom. The van der Waals surface area contributed by atoms with Gasteiger partial charge in [-0.2, -0.15) is 0 Å². The number of alkyl halides is 4. The fourth-order valence-electron chi connectivity index (χ4n) is 2.86. The number of halogens is 4. The second kappa shape index (κ2) is 6.40. The van der Waals surface area contributed by atoms with Crippen LogP contribution in [0.1, 0.15) is 27.2 Å². The summed E-state index contributed by atoms with van der Waals surface area (Å²) < 4.78 is 1.69. The number of amides is 1. The summed E-state index contributed by atoms with van der Waals surface area (Å²) >= 11 is 21.6. The van der Waals surface area contributed by atoms with E-state index < -0.39 is 37.6 Å². The summed E-state index contributed by atoms with van der Waals surface area (Å²) in [4.78, 5) is 26.4. The number of nitrogens with zero attached hydrogens (tertiary/aromatic N) is 1. The van der Waals surface area contributed by atoms with Crippen molar-refractivity contribution >= 4 is 74.4 Å². The van der Waals surface area contributed by atoms with Crippen molar-refractivity contribution in [3.05, 3.63) is 0 Å². The van der Waals surface area contributed by atoms with Crippen molar-refractivity contribution in [2.75, 3.05) is 6.61 Å². The van der Waals surface area contributed by atoms with Gasteiger partial charge in [0.2, 0.25) is 9.70 Å². The molecule has 0 radical (unpaired) electrons. The number of aliphatic hydroxyl groups is 1. The summed E-state index contributed by atoms with van der Waals surface area (Å²) in [5, 5.41) is 9.83. The Morgan fingerprint density at radius 2 is 2.09 bits per heavy atom. The Bertz CT molecular complexity index is 530. The van der Waals surface area contributed by atoms with Crippen LogP contribution in [0.25, 0.3) is 0 Å². The molecule has 10 heteroatoms. The van der Waals surface area contributed by atoms with E-state index in [1.54, 1.807) is 6.92 Å². The molecule has 1 amide bonds. The molecule has 2 heterocycles. The third kappa shape index (κ3) is 3.34. The van der Waals surface area contributed by atoms with Crippen LogP contribution >= 0.6 is 62.5 Å². The first-order valence-corrected chi connectivity index (χ1v) is 9.78. The molecule has 2 aliphatic heterocycles. The van der Waals surface area contributed by atoms with Gasteiger partial charge in [0, 0.05) is 4.75 Å². The van der Waals surface area contributed by atoms with Gasteiger partial charge in [0.15, 0.2) is 4.32 Å². The predicted molar refractivity (Wildman–Crippen MR) is 95.3 cm³/mol. The van der Waals surface area contributed by atoms with Crippen LogP contribution in [0.4, 0.5) is 0 Å². The zero-order chi connectivity index (χ0) is 17.8. The Hall–Kier alpha value is 0.600. The second-order valence-corrected chi connectivity index (χ2v) is 11.7. The topological polar surface area (TPSA) is 66.8 Å². The third-order valence-electron chi connectivity index (χ3n) is 4.00. The van der Waals surface area contributed by atoms with E-state index in [-0.39, 0.29) is 11.3 Å². The number of fused-ring (bicyclic) bond motifs is 1. The van der Waals surface area contributed by atoms with Gasteiger partial charge >= 0.3 is 5.97 Å². The molecule has 2 unspecified atom stereocenters. The number of β-lactam (4-membered cyclic amide) rings is 1. The predicted octanol–water partition coefficient (Wildman–Crippen LogP) is 2.87. The summed E-state index contributed by atoms with van der Waals surface area (Å²) in [6.07, 6.45) is -0.416. The lowest BCUT2D eigenvalue weighted by molar-refractivity contribution is -0.167. The van der Waals surface area contributed by atoms with E-state index in [0.29, 0.717) is 6.42 Å². The quantitative estimate of drug-likeness (QED) is 0.390. The molecule has 132 valence electrons. The van der Waals surface area contributed by atoms with E-state index in [4.69, 9.17) is 39.5 Å². The molecule has 0 aliphatic carbocycles. The summed E-state index contributed by atoms with van der Waals surface area (Å²) in [7, 11) is 0. The van der Waals surface area contributed by atoms with Crippen LogP contribution in [0.15, 0.2) is 0 Å². The van der Waals surface area contributed by atoms with E-state index in [9.17, 15) is 14.7 Å². The normalized spacial score (nSPS) is 33.9. The summed E-state index contributed by atoms with van der Waals surface area (Å²) in [5.41, 5.74) is 0. The second-order valence-electron chi connectivity index (χ2n) is 6.10. The monoisotopic (exact) mass is 467 g/mol. The zero-order valence-corrected chi connectivity index (χ0v) is 17.4. The molecule has 0 spiro atoms. The van der Waals surface area contributed by atoms with Crippen LogP contribution in [-0.2, 0) is 14.3 Å². The molecule has 1 N–H and O–H groups in total. The standard InChI is InChI=1S/C13H17BrCl3NO4S/c1-4-6(19)13(14)9(21)18-7(11(2,3)23-10(13)18)8(20)22-5-12(15,16)17/h6-7,10,19H,4-5H2,1-3H3/t6?,7-,10+,13?/m0/s1. The molecule has 0 aromatic rings. The van der Waals surface area contributed by atoms with Gasteiger partial charge in [-0.05, 0) is 20.3 Å². The van der Waals surface area contributed by atoms with Crippen LogP contribution in [0.2, 0.25) is 0 Å². The highest BCUT2D eigenvalue weighted by atomic mass is 79.9. The SMILES string of the molecule is CCC(O)C1(Br)C(=O)N2[C@@H](C(=O)OCC(Cl)(Cl)Cl)C(C)(C)S[C@@H]21. The number of thioether (sulfide) groups is 1. The summed E-state index contributed by atoms with van der Waals surface area (Å²) in [6.45, 7) is 5.09. The third-order valence-corrected chi connectivity index (χ3v) is 7.58. The lowest BCUT2D eigenvalue weighted by Gasteiger charge is -2.51. The minimum absolute atomic E-state index is 0.328. The average Bonchev–Trinajstić information content (AvgIpc) is 2.71. The van der Waals surface area contributed by atoms with Crippen LogP contribution in [0, 0.1) is 0 Å². The number of carbonyl (C=O) groups is 2. The number of aliphatic hydroxyl groups excluding tert-OH is 1. The van der Waals surface area contributed by atoms with Crippen LogP contribution in [-0.4, -0.2) is 58.9 Å². The highest BCUT2D eigenvalue weighted by molar-refractivity contribution is 9.10. The maximum atomic E-state index is 12.6. The van der Waals surface area contributed by atoms with Gasteiger partial charge in [0.05, 0.1) is 6.10 Å². The lowest BCUT2D eigenvalue weighted by Crippen LogP contribution is -2.74. The summed E-state index contributed by atoms with van der Waals surface area (Å²) in [5.74, 6) is -0.948. The van der Waals surface area contributed by atoms with Gasteiger partial charge in [0.25, 0.3) is 0 Å². The first-order valence-electron chi connectivity index (χ1n) is 6.97. The Balaban J connectivity index is 2.20. The number of carbonyl (C=O) groups excluding carboxylic acids is 2. The molecule has 2 aliphatic rings. The van der Waals surface area contributed by atoms with E-state index in [1.165, 1.54) is 16.7 Å². The van der Waals surface area contributed by atoms with E-state index >= 15 is 0 Å². The smallest absolute Gasteiger partial charge is 0.330 e. The minimum atomic E-state index is -1.71. The molecule has 4 atom stereocenters. The van der Waals surface area contributed by atoms with E-state index in [1.807, 2.05) is 13.8 Å². The van der Waals surface area contributed by atoms with Crippen LogP contribution < -0.4 is 0 Å². The number of hydrogen-bond donors (Lipinski definition) is 1. The lowest BCUT2D eigenvalue weighted by atomic mass is 9.86. The van der Waals surface area contributed by atoms with Crippen molar-refractivity contribution in [1.82, 2.24) is 4.90 Å². The maximum Gasteiger partial charge on any atom is 0.330 e. The highest BCUT2D eigenvalue weighted by Crippen LogP contribution is 2.59. The first kappa shape index (κ1) is 19.9. The number of esters is 1. The average molecular weight is 470 g/mol. The van der Waals surface area contributed by atoms with Crippen molar-refractivity contribution in [2.24, 2.45) is 0 Å². The zero-order valence-electron chi connectivity index (χ0n) is 12.7. The van der Waals surface area contributed by atoms with Crippen LogP contribution in [0.5, 0.6) is 0 Å². The number of hydrogen-bond acceptors (Lipinski definition) is 5. The van der Waals surface area contributed by atoms with Crippen LogP contribution in [0.3, 0.4) is 0 Å². The molecule has 5 nitrogen and oxygen atoms in total. The minimum Gasteiger partial charge on any atom is -0.460 e. The van der Waals surface area contributed by atoms with Crippen molar-refractivity contribution in [3.63, 3.8) is 0 Å². The van der Waals surface area contributed by atoms with Gasteiger partial charge in [0.1, 0.15) is 18.0 Å².